The maximum absolute atomic E-state index is 12.7. The normalized spacial score (nSPS) is 12.6. The summed E-state index contributed by atoms with van der Waals surface area (Å²) < 4.78 is 5.17. The van der Waals surface area contributed by atoms with Crippen LogP contribution < -0.4 is 15.0 Å². The highest BCUT2D eigenvalue weighted by Gasteiger charge is 2.23. The number of benzene rings is 2. The molecule has 2 aromatic carbocycles. The van der Waals surface area contributed by atoms with Crippen LogP contribution in [0.15, 0.2) is 54.6 Å². The number of hydrogen-bond acceptors (Lipinski definition) is 5. The predicted octanol–water partition coefficient (Wildman–Crippen LogP) is 3.46. The van der Waals surface area contributed by atoms with Gasteiger partial charge < -0.3 is 15.0 Å². The number of ether oxygens (including phenoxy) is 1. The highest BCUT2D eigenvalue weighted by molar-refractivity contribution is 5.92. The summed E-state index contributed by atoms with van der Waals surface area (Å²) in [6, 6.07) is 17.8. The van der Waals surface area contributed by atoms with E-state index in [2.05, 4.69) is 32.3 Å². The van der Waals surface area contributed by atoms with Crippen molar-refractivity contribution in [3.8, 4) is 5.75 Å². The zero-order chi connectivity index (χ0) is 20.2. The van der Waals surface area contributed by atoms with E-state index in [4.69, 9.17) is 4.74 Å². The second-order valence-electron chi connectivity index (χ2n) is 7.08. The van der Waals surface area contributed by atoms with Crippen LogP contribution in [0.3, 0.4) is 0 Å². The molecule has 0 radical (unpaired) electrons. The Kier molecular flexibility index (Phi) is 5.42. The van der Waals surface area contributed by atoms with Crippen molar-refractivity contribution < 1.29 is 9.53 Å². The van der Waals surface area contributed by atoms with Crippen molar-refractivity contribution >= 4 is 17.5 Å². The number of aromatic nitrogens is 2. The lowest BCUT2D eigenvalue weighted by atomic mass is 10.1. The molecule has 1 amide bonds. The molecule has 1 N–H and O–H groups in total. The lowest BCUT2D eigenvalue weighted by molar-refractivity contribution is 0.0949. The summed E-state index contributed by atoms with van der Waals surface area (Å²) >= 11 is 0. The highest BCUT2D eigenvalue weighted by atomic mass is 16.5. The number of nitrogens with one attached hydrogen (secondary N) is 1. The number of fused-ring (bicyclic) bond motifs is 1. The second-order valence-corrected chi connectivity index (χ2v) is 7.08. The van der Waals surface area contributed by atoms with E-state index in [1.807, 2.05) is 43.3 Å². The van der Waals surface area contributed by atoms with Gasteiger partial charge in [-0.1, -0.05) is 30.3 Å². The van der Waals surface area contributed by atoms with Crippen molar-refractivity contribution in [2.45, 2.75) is 19.8 Å². The zero-order valence-corrected chi connectivity index (χ0v) is 16.7. The number of amides is 1. The topological polar surface area (TPSA) is 67.3 Å². The lowest BCUT2D eigenvalue weighted by Gasteiger charge is -2.18. The molecule has 6 nitrogen and oxygen atoms in total. The van der Waals surface area contributed by atoms with Crippen molar-refractivity contribution in [2.75, 3.05) is 25.1 Å². The van der Waals surface area contributed by atoms with Gasteiger partial charge in [-0.25, -0.2) is 9.97 Å². The third kappa shape index (κ3) is 4.21. The van der Waals surface area contributed by atoms with Gasteiger partial charge in [-0.15, -0.1) is 0 Å². The van der Waals surface area contributed by atoms with Crippen LogP contribution in [0, 0.1) is 6.92 Å². The summed E-state index contributed by atoms with van der Waals surface area (Å²) in [6.07, 6.45) is 1.70. The number of hydrogen-bond donors (Lipinski definition) is 1. The van der Waals surface area contributed by atoms with Gasteiger partial charge in [-0.05, 0) is 55.2 Å². The van der Waals surface area contributed by atoms with Crippen LogP contribution in [-0.2, 0) is 12.8 Å². The van der Waals surface area contributed by atoms with Crippen LogP contribution >= 0.6 is 0 Å². The van der Waals surface area contributed by atoms with Crippen molar-refractivity contribution in [1.29, 1.82) is 0 Å². The number of rotatable bonds is 6. The van der Waals surface area contributed by atoms with Crippen LogP contribution in [0.2, 0.25) is 0 Å². The molecule has 1 aliphatic heterocycles. The van der Waals surface area contributed by atoms with Gasteiger partial charge in [0.2, 0.25) is 5.95 Å². The quantitative estimate of drug-likeness (QED) is 0.700. The van der Waals surface area contributed by atoms with E-state index < -0.39 is 0 Å². The highest BCUT2D eigenvalue weighted by Crippen LogP contribution is 2.32. The SMILES string of the molecule is COc1ccc(CCNC(=O)c2cc(C)nc(N3CCc4ccccc43)n2)cc1. The summed E-state index contributed by atoms with van der Waals surface area (Å²) in [7, 11) is 1.65. The number of nitrogens with zero attached hydrogens (tertiary/aromatic N) is 3. The summed E-state index contributed by atoms with van der Waals surface area (Å²) in [5.74, 6) is 1.22. The van der Waals surface area contributed by atoms with Crippen LogP contribution in [0.4, 0.5) is 11.6 Å². The van der Waals surface area contributed by atoms with Gasteiger partial charge in [0.05, 0.1) is 7.11 Å². The summed E-state index contributed by atoms with van der Waals surface area (Å²) in [5, 5.41) is 2.96. The average Bonchev–Trinajstić information content (AvgIpc) is 3.18. The van der Waals surface area contributed by atoms with E-state index in [1.165, 1.54) is 5.56 Å². The first-order chi connectivity index (χ1) is 14.1. The predicted molar refractivity (Wildman–Crippen MR) is 113 cm³/mol. The van der Waals surface area contributed by atoms with Crippen molar-refractivity contribution in [1.82, 2.24) is 15.3 Å². The Morgan fingerprint density at radius 1 is 1.14 bits per heavy atom. The van der Waals surface area contributed by atoms with E-state index in [0.29, 0.717) is 18.2 Å². The first-order valence-corrected chi connectivity index (χ1v) is 9.76. The molecule has 3 aromatic rings. The Balaban J connectivity index is 1.44. The van der Waals surface area contributed by atoms with Gasteiger partial charge >= 0.3 is 0 Å². The molecule has 0 aliphatic carbocycles. The molecule has 1 aromatic heterocycles. The maximum Gasteiger partial charge on any atom is 0.270 e. The van der Waals surface area contributed by atoms with Gasteiger partial charge in [-0.3, -0.25) is 4.79 Å². The van der Waals surface area contributed by atoms with Crippen LogP contribution in [0.1, 0.15) is 27.3 Å². The van der Waals surface area contributed by atoms with Crippen LogP contribution in [0.5, 0.6) is 5.75 Å². The second kappa shape index (κ2) is 8.31. The Morgan fingerprint density at radius 2 is 1.93 bits per heavy atom. The number of aryl methyl sites for hydroxylation is 1. The molecule has 0 unspecified atom stereocenters. The van der Waals surface area contributed by atoms with Crippen molar-refractivity contribution in [3.63, 3.8) is 0 Å². The molecule has 6 heteroatoms. The Hall–Kier alpha value is -3.41. The number of methoxy groups -OCH3 is 1. The molecule has 0 fully saturated rings. The molecule has 1 aliphatic rings. The average molecular weight is 388 g/mol. The van der Waals surface area contributed by atoms with Gasteiger partial charge in [0, 0.05) is 24.5 Å². The summed E-state index contributed by atoms with van der Waals surface area (Å²) in [4.78, 5) is 23.9. The van der Waals surface area contributed by atoms with Crippen LogP contribution in [0.25, 0.3) is 0 Å². The minimum Gasteiger partial charge on any atom is -0.497 e. The fourth-order valence-electron chi connectivity index (χ4n) is 3.54. The number of anilines is 2. The molecule has 0 bridgehead atoms. The third-order valence-corrected chi connectivity index (χ3v) is 5.06. The van der Waals surface area contributed by atoms with Crippen LogP contribution in [-0.4, -0.2) is 36.1 Å². The zero-order valence-electron chi connectivity index (χ0n) is 16.7. The Morgan fingerprint density at radius 3 is 2.72 bits per heavy atom. The standard InChI is InChI=1S/C23H24N4O2/c1-16-15-20(22(28)24-13-11-17-7-9-19(29-2)10-8-17)26-23(25-16)27-14-12-18-5-3-4-6-21(18)27/h3-10,15H,11-14H2,1-2H3,(H,24,28). The maximum atomic E-state index is 12.7. The Labute approximate surface area is 170 Å². The monoisotopic (exact) mass is 388 g/mol. The van der Waals surface area contributed by atoms with E-state index in [-0.39, 0.29) is 5.91 Å². The largest absolute Gasteiger partial charge is 0.497 e. The molecule has 0 spiro atoms. The number of carbonyl (C=O) groups is 1. The Bertz CT molecular complexity index is 1020. The number of carbonyl (C=O) groups excluding carboxylic acids is 1. The molecule has 2 heterocycles. The minimum atomic E-state index is -0.183. The fourth-order valence-corrected chi connectivity index (χ4v) is 3.54. The van der Waals surface area contributed by atoms with E-state index in [9.17, 15) is 4.79 Å². The first kappa shape index (κ1) is 18.9. The number of para-hydroxylation sites is 1. The van der Waals surface area contributed by atoms with Gasteiger partial charge in [0.1, 0.15) is 11.4 Å². The van der Waals surface area contributed by atoms with Crippen molar-refractivity contribution in [2.24, 2.45) is 0 Å². The lowest BCUT2D eigenvalue weighted by Crippen LogP contribution is -2.28. The molecule has 4 rings (SSSR count). The molecule has 148 valence electrons. The summed E-state index contributed by atoms with van der Waals surface area (Å²) in [5.41, 5.74) is 4.71. The fraction of sp³-hybridized carbons (Fsp3) is 0.261. The smallest absolute Gasteiger partial charge is 0.270 e. The van der Waals surface area contributed by atoms with Gasteiger partial charge in [0.25, 0.3) is 5.91 Å². The summed E-state index contributed by atoms with van der Waals surface area (Å²) in [6.45, 7) is 3.25. The molecule has 29 heavy (non-hydrogen) atoms. The molecule has 0 saturated heterocycles. The first-order valence-electron chi connectivity index (χ1n) is 9.76. The van der Waals surface area contributed by atoms with E-state index in [0.717, 1.165) is 42.1 Å². The van der Waals surface area contributed by atoms with Gasteiger partial charge in [-0.2, -0.15) is 0 Å². The molecule has 0 atom stereocenters. The molecule has 0 saturated carbocycles. The molecular formula is C23H24N4O2. The van der Waals surface area contributed by atoms with E-state index >= 15 is 0 Å². The van der Waals surface area contributed by atoms with Crippen molar-refractivity contribution in [3.05, 3.63) is 77.1 Å². The van der Waals surface area contributed by atoms with Gasteiger partial charge in [0.15, 0.2) is 0 Å². The minimum absolute atomic E-state index is 0.183. The third-order valence-electron chi connectivity index (χ3n) is 5.06. The molecular weight excluding hydrogens is 364 g/mol. The van der Waals surface area contributed by atoms with E-state index in [1.54, 1.807) is 13.2 Å².